The topological polar surface area (TPSA) is 79.3 Å². The fourth-order valence-electron chi connectivity index (χ4n) is 0.963. The minimum Gasteiger partial charge on any atom is -0.478 e. The smallest absolute Gasteiger partial charge is 0.337 e. The molecule has 6 heteroatoms. The summed E-state index contributed by atoms with van der Waals surface area (Å²) in [5, 5.41) is 11.5. The summed E-state index contributed by atoms with van der Waals surface area (Å²) in [6, 6.07) is 1.36. The maximum Gasteiger partial charge on any atom is 0.337 e. The molecular weight excluding hydrogens is 288 g/mol. The van der Waals surface area contributed by atoms with Crippen molar-refractivity contribution in [2.24, 2.45) is 5.41 Å². The summed E-state index contributed by atoms with van der Waals surface area (Å²) in [6.45, 7) is 5.31. The molecule has 1 rings (SSSR count). The molecule has 1 amide bonds. The van der Waals surface area contributed by atoms with Gasteiger partial charge >= 0.3 is 5.97 Å². The van der Waals surface area contributed by atoms with Crippen molar-refractivity contribution in [2.75, 3.05) is 5.32 Å². The zero-order valence-electron chi connectivity index (χ0n) is 9.74. The number of carboxylic acid groups (broad SMARTS) is 1. The van der Waals surface area contributed by atoms with Crippen LogP contribution in [0.15, 0.2) is 16.9 Å². The van der Waals surface area contributed by atoms with Gasteiger partial charge in [0.2, 0.25) is 5.91 Å². The van der Waals surface area contributed by atoms with Crippen LogP contribution in [0.4, 0.5) is 5.69 Å². The van der Waals surface area contributed by atoms with Crippen LogP contribution in [0.2, 0.25) is 0 Å². The summed E-state index contributed by atoms with van der Waals surface area (Å²) < 4.78 is 0.403. The summed E-state index contributed by atoms with van der Waals surface area (Å²) in [5.74, 6) is -1.29. The van der Waals surface area contributed by atoms with Crippen molar-refractivity contribution in [2.45, 2.75) is 20.8 Å². The minimum atomic E-state index is -1.09. The number of carbonyl (C=O) groups excluding carboxylic acids is 1. The Hall–Kier alpha value is -1.43. The molecule has 0 bridgehead atoms. The third-order valence-corrected chi connectivity index (χ3v) is 2.65. The van der Waals surface area contributed by atoms with Crippen molar-refractivity contribution in [3.8, 4) is 0 Å². The first kappa shape index (κ1) is 13.6. The van der Waals surface area contributed by atoms with Crippen LogP contribution in [-0.2, 0) is 4.79 Å². The third kappa shape index (κ3) is 3.52. The summed E-state index contributed by atoms with van der Waals surface area (Å²) in [7, 11) is 0. The van der Waals surface area contributed by atoms with E-state index in [0.717, 1.165) is 0 Å². The van der Waals surface area contributed by atoms with Gasteiger partial charge in [0.25, 0.3) is 0 Å². The van der Waals surface area contributed by atoms with Crippen LogP contribution in [0.5, 0.6) is 0 Å². The van der Waals surface area contributed by atoms with Gasteiger partial charge in [0.05, 0.1) is 11.3 Å². The molecule has 1 heterocycles. The van der Waals surface area contributed by atoms with E-state index in [-0.39, 0.29) is 11.5 Å². The van der Waals surface area contributed by atoms with Crippen molar-refractivity contribution < 1.29 is 14.7 Å². The Bertz CT molecular complexity index is 466. The molecule has 0 saturated heterocycles. The molecule has 17 heavy (non-hydrogen) atoms. The molecule has 5 nitrogen and oxygen atoms in total. The molecule has 0 fully saturated rings. The third-order valence-electron chi connectivity index (χ3n) is 2.02. The maximum atomic E-state index is 11.8. The highest BCUT2D eigenvalue weighted by Gasteiger charge is 2.22. The van der Waals surface area contributed by atoms with Gasteiger partial charge in [-0.15, -0.1) is 0 Å². The monoisotopic (exact) mass is 300 g/mol. The number of carbonyl (C=O) groups is 2. The number of amides is 1. The van der Waals surface area contributed by atoms with Gasteiger partial charge in [-0.3, -0.25) is 4.79 Å². The molecule has 0 unspecified atom stereocenters. The standard InChI is InChI=1S/C11H13BrN2O3/c1-11(2,3)10(17)14-7-4-6(9(15)16)5-13-8(7)12/h4-5H,1-3H3,(H,14,17)(H,15,16). The predicted octanol–water partition coefficient (Wildman–Crippen LogP) is 2.53. The molecule has 0 aromatic carbocycles. The van der Waals surface area contributed by atoms with Gasteiger partial charge in [-0.05, 0) is 22.0 Å². The van der Waals surface area contributed by atoms with E-state index in [4.69, 9.17) is 5.11 Å². The first-order valence-corrected chi connectivity index (χ1v) is 5.71. The van der Waals surface area contributed by atoms with Gasteiger partial charge in [-0.2, -0.15) is 0 Å². The van der Waals surface area contributed by atoms with Crippen molar-refractivity contribution in [1.82, 2.24) is 4.98 Å². The van der Waals surface area contributed by atoms with Crippen molar-refractivity contribution in [3.05, 3.63) is 22.4 Å². The molecule has 0 saturated carbocycles. The second kappa shape index (κ2) is 4.83. The SMILES string of the molecule is CC(C)(C)C(=O)Nc1cc(C(=O)O)cnc1Br. The number of hydrogen-bond donors (Lipinski definition) is 2. The van der Waals surface area contributed by atoms with E-state index in [1.54, 1.807) is 20.8 Å². The van der Waals surface area contributed by atoms with Crippen LogP contribution < -0.4 is 5.32 Å². The number of aromatic carboxylic acids is 1. The highest BCUT2D eigenvalue weighted by Crippen LogP contribution is 2.23. The first-order valence-electron chi connectivity index (χ1n) is 4.92. The molecule has 92 valence electrons. The van der Waals surface area contributed by atoms with Gasteiger partial charge < -0.3 is 10.4 Å². The van der Waals surface area contributed by atoms with Crippen LogP contribution in [0.3, 0.4) is 0 Å². The van der Waals surface area contributed by atoms with E-state index >= 15 is 0 Å². The second-order valence-corrected chi connectivity index (χ2v) is 5.32. The number of rotatable bonds is 2. The zero-order valence-corrected chi connectivity index (χ0v) is 11.3. The van der Waals surface area contributed by atoms with Gasteiger partial charge in [0, 0.05) is 11.6 Å². The Balaban J connectivity index is 3.02. The lowest BCUT2D eigenvalue weighted by Crippen LogP contribution is -2.28. The van der Waals surface area contributed by atoms with Gasteiger partial charge in [0.15, 0.2) is 0 Å². The van der Waals surface area contributed by atoms with Crippen molar-refractivity contribution in [3.63, 3.8) is 0 Å². The van der Waals surface area contributed by atoms with E-state index in [0.29, 0.717) is 10.3 Å². The predicted molar refractivity (Wildman–Crippen MR) is 67.0 cm³/mol. The van der Waals surface area contributed by atoms with Gasteiger partial charge in [-0.25, -0.2) is 9.78 Å². The number of nitrogens with one attached hydrogen (secondary N) is 1. The lowest BCUT2D eigenvalue weighted by Gasteiger charge is -2.18. The average Bonchev–Trinajstić information content (AvgIpc) is 2.19. The molecular formula is C11H13BrN2O3. The average molecular weight is 301 g/mol. The summed E-state index contributed by atoms with van der Waals surface area (Å²) in [6.07, 6.45) is 1.22. The Morgan fingerprint density at radius 3 is 2.47 bits per heavy atom. The number of carboxylic acids is 1. The minimum absolute atomic E-state index is 0.0254. The number of pyridine rings is 1. The van der Waals surface area contributed by atoms with Crippen LogP contribution in [0.1, 0.15) is 31.1 Å². The Morgan fingerprint density at radius 2 is 2.00 bits per heavy atom. The molecule has 0 atom stereocenters. The maximum absolute atomic E-state index is 11.8. The number of aromatic nitrogens is 1. The quantitative estimate of drug-likeness (QED) is 0.823. The highest BCUT2D eigenvalue weighted by molar-refractivity contribution is 9.10. The number of anilines is 1. The van der Waals surface area contributed by atoms with Crippen LogP contribution >= 0.6 is 15.9 Å². The Morgan fingerprint density at radius 1 is 1.41 bits per heavy atom. The molecule has 1 aromatic heterocycles. The zero-order chi connectivity index (χ0) is 13.2. The number of hydrogen-bond acceptors (Lipinski definition) is 3. The van der Waals surface area contributed by atoms with Crippen molar-refractivity contribution in [1.29, 1.82) is 0 Å². The molecule has 0 radical (unpaired) electrons. The van der Waals surface area contributed by atoms with Crippen LogP contribution in [0.25, 0.3) is 0 Å². The van der Waals surface area contributed by atoms with E-state index < -0.39 is 11.4 Å². The molecule has 1 aromatic rings. The molecule has 0 aliphatic carbocycles. The molecule has 0 spiro atoms. The molecule has 2 N–H and O–H groups in total. The Kier molecular flexibility index (Phi) is 3.87. The molecule has 0 aliphatic rings. The van der Waals surface area contributed by atoms with Crippen LogP contribution in [0, 0.1) is 5.41 Å². The first-order chi connectivity index (χ1) is 7.71. The number of nitrogens with zero attached hydrogens (tertiary/aromatic N) is 1. The summed E-state index contributed by atoms with van der Waals surface area (Å²) in [4.78, 5) is 26.4. The van der Waals surface area contributed by atoms with Gasteiger partial charge in [-0.1, -0.05) is 20.8 Å². The fourth-order valence-corrected chi connectivity index (χ4v) is 1.28. The van der Waals surface area contributed by atoms with E-state index in [1.165, 1.54) is 12.3 Å². The van der Waals surface area contributed by atoms with Crippen molar-refractivity contribution >= 4 is 33.5 Å². The number of halogens is 1. The Labute approximate surface area is 107 Å². The molecule has 0 aliphatic heterocycles. The van der Waals surface area contributed by atoms with Crippen LogP contribution in [-0.4, -0.2) is 22.0 Å². The summed E-state index contributed by atoms with van der Waals surface area (Å²) in [5.41, 5.74) is -0.180. The highest BCUT2D eigenvalue weighted by atomic mass is 79.9. The van der Waals surface area contributed by atoms with Gasteiger partial charge in [0.1, 0.15) is 4.60 Å². The summed E-state index contributed by atoms with van der Waals surface area (Å²) >= 11 is 3.16. The normalized spacial score (nSPS) is 11.1. The second-order valence-electron chi connectivity index (χ2n) is 4.57. The lowest BCUT2D eigenvalue weighted by atomic mass is 9.95. The van der Waals surface area contributed by atoms with E-state index in [1.807, 2.05) is 0 Å². The van der Waals surface area contributed by atoms with E-state index in [2.05, 4.69) is 26.2 Å². The van der Waals surface area contributed by atoms with E-state index in [9.17, 15) is 9.59 Å². The largest absolute Gasteiger partial charge is 0.478 e. The lowest BCUT2D eigenvalue weighted by molar-refractivity contribution is -0.123. The fraction of sp³-hybridized carbons (Fsp3) is 0.364.